The number of piperidine rings is 1. The lowest BCUT2D eigenvalue weighted by molar-refractivity contribution is -0.183. The van der Waals surface area contributed by atoms with Gasteiger partial charge in [-0.15, -0.1) is 0 Å². The predicted molar refractivity (Wildman–Crippen MR) is 157 cm³/mol. The Balaban J connectivity index is 1.35. The van der Waals surface area contributed by atoms with E-state index in [0.717, 1.165) is 0 Å². The van der Waals surface area contributed by atoms with E-state index in [4.69, 9.17) is 4.98 Å². The van der Waals surface area contributed by atoms with E-state index in [-0.39, 0.29) is 68.6 Å². The van der Waals surface area contributed by atoms with Crippen LogP contribution in [0.25, 0.3) is 5.65 Å². The van der Waals surface area contributed by atoms with Crippen LogP contribution in [0.5, 0.6) is 0 Å². The Morgan fingerprint density at radius 1 is 1.15 bits per heavy atom. The third kappa shape index (κ3) is 7.44. The fourth-order valence-corrected chi connectivity index (χ4v) is 7.04. The molecule has 1 saturated carbocycles. The first-order valence-electron chi connectivity index (χ1n) is 16.1. The highest BCUT2D eigenvalue weighted by Gasteiger charge is 2.45. The summed E-state index contributed by atoms with van der Waals surface area (Å²) in [6.45, 7) is 1.30. The molecule has 262 valence electrons. The zero-order chi connectivity index (χ0) is 34.4. The lowest BCUT2D eigenvalue weighted by atomic mass is 9.81. The summed E-state index contributed by atoms with van der Waals surface area (Å²) in [6, 6.07) is 2.35. The van der Waals surface area contributed by atoms with Crippen molar-refractivity contribution in [1.82, 2.24) is 39.9 Å². The fourth-order valence-electron chi connectivity index (χ4n) is 7.04. The Hall–Kier alpha value is -3.76. The minimum atomic E-state index is -4.51. The standard InChI is InChI=1S/C31H37F7N8O2/c1-2-45-24(5-9-40-45)28(48)42-26(18-3-6-29(32,33)7-4-18)23-16-46-25(41-23)13-20(15-44-10-8-30(34,35)17-44)22(43-46)12-19-11-21(31(36,37)38)14-39-27(19)47/h5,9,13,16,18-19,21,26H,2-4,6-8,10-12,14-15,17H2,1H3,(H,39,47)(H,42,48)/t19-,21-,26+/m1/s1. The number of imidazole rings is 1. The molecule has 3 aliphatic rings. The van der Waals surface area contributed by atoms with E-state index in [2.05, 4.69) is 20.8 Å². The lowest BCUT2D eigenvalue weighted by Gasteiger charge is -2.33. The fraction of sp³-hybridized carbons (Fsp3) is 0.645. The van der Waals surface area contributed by atoms with Crippen LogP contribution in [0.15, 0.2) is 24.5 Å². The number of carbonyl (C=O) groups is 2. The largest absolute Gasteiger partial charge is 0.393 e. The van der Waals surface area contributed by atoms with Gasteiger partial charge in [0.05, 0.1) is 36.1 Å². The molecule has 0 radical (unpaired) electrons. The third-order valence-electron chi connectivity index (χ3n) is 9.73. The Labute approximate surface area is 271 Å². The van der Waals surface area contributed by atoms with Gasteiger partial charge in [0.15, 0.2) is 5.65 Å². The summed E-state index contributed by atoms with van der Waals surface area (Å²) in [7, 11) is 0. The number of nitrogens with one attached hydrogen (secondary N) is 2. The summed E-state index contributed by atoms with van der Waals surface area (Å²) in [5.74, 6) is -9.92. The van der Waals surface area contributed by atoms with Crippen LogP contribution < -0.4 is 10.6 Å². The molecule has 48 heavy (non-hydrogen) atoms. The second-order valence-corrected chi connectivity index (χ2v) is 13.2. The van der Waals surface area contributed by atoms with Crippen LogP contribution in [0.2, 0.25) is 0 Å². The Morgan fingerprint density at radius 2 is 1.90 bits per heavy atom. The first-order valence-corrected chi connectivity index (χ1v) is 16.1. The molecule has 3 aromatic heterocycles. The topological polar surface area (TPSA) is 109 Å². The number of likely N-dealkylation sites (tertiary alicyclic amines) is 1. The van der Waals surface area contributed by atoms with Crippen molar-refractivity contribution in [2.24, 2.45) is 17.8 Å². The molecule has 2 aliphatic heterocycles. The molecular formula is C31H37F7N8O2. The number of hydrogen-bond acceptors (Lipinski definition) is 6. The van der Waals surface area contributed by atoms with Gasteiger partial charge in [0, 0.05) is 64.0 Å². The van der Waals surface area contributed by atoms with Crippen molar-refractivity contribution in [3.8, 4) is 0 Å². The van der Waals surface area contributed by atoms with Gasteiger partial charge >= 0.3 is 6.18 Å². The molecule has 0 spiro atoms. The molecule has 3 aromatic rings. The van der Waals surface area contributed by atoms with Gasteiger partial charge in [-0.2, -0.15) is 23.4 Å². The number of fused-ring (bicyclic) bond motifs is 1. The number of halogens is 7. The predicted octanol–water partition coefficient (Wildman–Crippen LogP) is 4.94. The van der Waals surface area contributed by atoms with Crippen molar-refractivity contribution in [2.75, 3.05) is 19.6 Å². The van der Waals surface area contributed by atoms with Gasteiger partial charge in [-0.05, 0) is 49.8 Å². The molecule has 6 rings (SSSR count). The Kier molecular flexibility index (Phi) is 9.19. The summed E-state index contributed by atoms with van der Waals surface area (Å²) in [5.41, 5.74) is 1.57. The van der Waals surface area contributed by atoms with Crippen molar-refractivity contribution in [3.63, 3.8) is 0 Å². The SMILES string of the molecule is CCn1nccc1C(=O)N[C@H](c1cn2nc(C[C@H]3C[C@@H](C(F)(F)F)CNC3=O)c(CN3CCC(F)(F)C3)cc2n1)C1CCC(F)(F)CC1. The molecule has 1 aliphatic carbocycles. The first-order chi connectivity index (χ1) is 22.6. The summed E-state index contributed by atoms with van der Waals surface area (Å²) >= 11 is 0. The maximum atomic E-state index is 14.1. The van der Waals surface area contributed by atoms with E-state index >= 15 is 0 Å². The number of alkyl halides is 7. The number of rotatable bonds is 9. The van der Waals surface area contributed by atoms with Gasteiger partial charge in [0.2, 0.25) is 11.8 Å². The van der Waals surface area contributed by atoms with Crippen LogP contribution in [-0.2, 0) is 24.3 Å². The minimum Gasteiger partial charge on any atom is -0.355 e. The maximum absolute atomic E-state index is 14.1. The van der Waals surface area contributed by atoms with Crippen LogP contribution >= 0.6 is 0 Å². The van der Waals surface area contributed by atoms with Gasteiger partial charge in [0.1, 0.15) is 5.69 Å². The molecule has 10 nitrogen and oxygen atoms in total. The average molecular weight is 687 g/mol. The third-order valence-corrected chi connectivity index (χ3v) is 9.73. The molecule has 3 fully saturated rings. The van der Waals surface area contributed by atoms with E-state index in [1.165, 1.54) is 26.5 Å². The zero-order valence-corrected chi connectivity index (χ0v) is 26.2. The van der Waals surface area contributed by atoms with Gasteiger partial charge in [0.25, 0.3) is 11.8 Å². The van der Waals surface area contributed by atoms with Crippen LogP contribution in [-0.4, -0.2) is 78.7 Å². The summed E-state index contributed by atoms with van der Waals surface area (Å²) in [4.78, 5) is 32.3. The Bertz CT molecular complexity index is 1640. The van der Waals surface area contributed by atoms with E-state index in [1.807, 2.05) is 6.92 Å². The highest BCUT2D eigenvalue weighted by molar-refractivity contribution is 5.92. The van der Waals surface area contributed by atoms with Crippen molar-refractivity contribution in [2.45, 2.75) is 89.0 Å². The van der Waals surface area contributed by atoms with Crippen molar-refractivity contribution in [3.05, 3.63) is 47.2 Å². The molecule has 0 bridgehead atoms. The van der Waals surface area contributed by atoms with Gasteiger partial charge in [-0.25, -0.2) is 27.1 Å². The molecule has 5 heterocycles. The van der Waals surface area contributed by atoms with Gasteiger partial charge in [-0.1, -0.05) is 0 Å². The Morgan fingerprint density at radius 3 is 2.56 bits per heavy atom. The van der Waals surface area contributed by atoms with Gasteiger partial charge in [-0.3, -0.25) is 19.2 Å². The van der Waals surface area contributed by atoms with E-state index in [9.17, 15) is 40.3 Å². The molecule has 2 saturated heterocycles. The van der Waals surface area contributed by atoms with E-state index in [0.29, 0.717) is 17.8 Å². The molecule has 0 aromatic carbocycles. The van der Waals surface area contributed by atoms with Crippen LogP contribution in [0.1, 0.15) is 78.9 Å². The highest BCUT2D eigenvalue weighted by atomic mass is 19.4. The quantitative estimate of drug-likeness (QED) is 0.309. The second-order valence-electron chi connectivity index (χ2n) is 13.2. The number of aryl methyl sites for hydroxylation is 1. The first kappa shape index (κ1) is 34.1. The number of nitrogens with zero attached hydrogens (tertiary/aromatic N) is 6. The second kappa shape index (κ2) is 12.9. The highest BCUT2D eigenvalue weighted by Crippen LogP contribution is 2.42. The van der Waals surface area contributed by atoms with Crippen molar-refractivity contribution >= 4 is 17.5 Å². The van der Waals surface area contributed by atoms with Crippen LogP contribution in [0.4, 0.5) is 30.7 Å². The summed E-state index contributed by atoms with van der Waals surface area (Å²) in [5, 5.41) is 14.0. The maximum Gasteiger partial charge on any atom is 0.393 e. The van der Waals surface area contributed by atoms with Crippen LogP contribution in [0, 0.1) is 17.8 Å². The van der Waals surface area contributed by atoms with Crippen LogP contribution in [0.3, 0.4) is 0 Å². The lowest BCUT2D eigenvalue weighted by Crippen LogP contribution is -2.47. The zero-order valence-electron chi connectivity index (χ0n) is 26.2. The normalized spacial score (nSPS) is 24.1. The number of hydrogen-bond donors (Lipinski definition) is 2. The summed E-state index contributed by atoms with van der Waals surface area (Å²) < 4.78 is 100. The smallest absolute Gasteiger partial charge is 0.355 e. The number of amides is 2. The monoisotopic (exact) mass is 686 g/mol. The molecule has 2 N–H and O–H groups in total. The minimum absolute atomic E-state index is 0.00648. The molecule has 3 atom stereocenters. The molecule has 2 amide bonds. The van der Waals surface area contributed by atoms with E-state index in [1.54, 1.807) is 12.1 Å². The molecule has 0 unspecified atom stereocenters. The molecular weight excluding hydrogens is 649 g/mol. The molecule has 17 heteroatoms. The summed E-state index contributed by atoms with van der Waals surface area (Å²) in [6.07, 6.45) is -2.95. The number of carbonyl (C=O) groups excluding carboxylic acids is 2. The average Bonchev–Trinajstić information content (AvgIpc) is 3.74. The van der Waals surface area contributed by atoms with Gasteiger partial charge < -0.3 is 10.6 Å². The number of aromatic nitrogens is 5. The van der Waals surface area contributed by atoms with Crippen molar-refractivity contribution < 1.29 is 40.3 Å². The van der Waals surface area contributed by atoms with Crippen molar-refractivity contribution in [1.29, 1.82) is 0 Å². The van der Waals surface area contributed by atoms with E-state index < -0.39 is 73.1 Å².